The zero-order valence-corrected chi connectivity index (χ0v) is 19.0. The molecular weight excluding hydrogens is 450 g/mol. The minimum Gasteiger partial charge on any atom is -0.361 e. The molecule has 0 aliphatic carbocycles. The maximum Gasteiger partial charge on any atom is 0.253 e. The fraction of sp³-hybridized carbons (Fsp3) is 0.190. The maximum atomic E-state index is 13.2. The quantitative estimate of drug-likeness (QED) is 0.390. The van der Waals surface area contributed by atoms with Crippen molar-refractivity contribution in [3.8, 4) is 21.7 Å². The Morgan fingerprint density at radius 1 is 1.31 bits per heavy atom. The summed E-state index contributed by atoms with van der Waals surface area (Å²) in [4.78, 5) is 22.9. The van der Waals surface area contributed by atoms with Crippen molar-refractivity contribution in [1.29, 1.82) is 0 Å². The Morgan fingerprint density at radius 3 is 2.81 bits per heavy atom. The van der Waals surface area contributed by atoms with Crippen molar-refractivity contribution >= 4 is 34.5 Å². The van der Waals surface area contributed by atoms with E-state index >= 15 is 0 Å². The average molecular weight is 468 g/mol. The van der Waals surface area contributed by atoms with E-state index in [-0.39, 0.29) is 11.9 Å². The molecule has 0 aliphatic rings. The SMILES string of the molecule is Cc1noc(C)c1-c1cc(C(=O)N[C@@H](C)c2ncn[nH]2)cn2c(-c3ccc(Cl)s3)cnc12. The van der Waals surface area contributed by atoms with Crippen molar-refractivity contribution < 1.29 is 9.32 Å². The second kappa shape index (κ2) is 7.88. The molecule has 2 N–H and O–H groups in total. The number of nitrogens with one attached hydrogen (secondary N) is 2. The zero-order valence-electron chi connectivity index (χ0n) is 17.4. The lowest BCUT2D eigenvalue weighted by Crippen LogP contribution is -2.27. The summed E-state index contributed by atoms with van der Waals surface area (Å²) in [5, 5.41) is 13.7. The summed E-state index contributed by atoms with van der Waals surface area (Å²) in [6.07, 6.45) is 4.96. The molecule has 9 nitrogen and oxygen atoms in total. The van der Waals surface area contributed by atoms with Crippen LogP contribution in [0.2, 0.25) is 4.34 Å². The van der Waals surface area contributed by atoms with Crippen molar-refractivity contribution in [3.05, 3.63) is 64.1 Å². The molecule has 0 spiro atoms. The van der Waals surface area contributed by atoms with Gasteiger partial charge in [-0.3, -0.25) is 14.3 Å². The van der Waals surface area contributed by atoms with Crippen molar-refractivity contribution in [3.63, 3.8) is 0 Å². The molecule has 0 bridgehead atoms. The summed E-state index contributed by atoms with van der Waals surface area (Å²) in [5.41, 5.74) is 4.28. The average Bonchev–Trinajstić information content (AvgIpc) is 3.55. The number of fused-ring (bicyclic) bond motifs is 1. The Labute approximate surface area is 191 Å². The minimum absolute atomic E-state index is 0.257. The Kier molecular flexibility index (Phi) is 5.03. The van der Waals surface area contributed by atoms with Crippen LogP contribution in [-0.2, 0) is 0 Å². The normalized spacial score (nSPS) is 12.4. The largest absolute Gasteiger partial charge is 0.361 e. The van der Waals surface area contributed by atoms with Crippen LogP contribution in [0.5, 0.6) is 0 Å². The number of aromatic amines is 1. The fourth-order valence-electron chi connectivity index (χ4n) is 3.67. The number of carbonyl (C=O) groups is 1. The third kappa shape index (κ3) is 3.47. The Hall–Kier alpha value is -3.50. The number of rotatable bonds is 5. The molecule has 0 aromatic carbocycles. The monoisotopic (exact) mass is 467 g/mol. The van der Waals surface area contributed by atoms with E-state index in [1.54, 1.807) is 12.4 Å². The number of amides is 1. The Bertz CT molecular complexity index is 1410. The first-order valence-corrected chi connectivity index (χ1v) is 11.0. The number of imidazole rings is 1. The molecule has 0 saturated heterocycles. The third-order valence-corrected chi connectivity index (χ3v) is 6.44. The van der Waals surface area contributed by atoms with Crippen molar-refractivity contribution in [1.82, 2.24) is 35.0 Å². The van der Waals surface area contributed by atoms with Crippen LogP contribution in [0.3, 0.4) is 0 Å². The van der Waals surface area contributed by atoms with E-state index in [2.05, 4.69) is 30.6 Å². The molecular formula is C21H18ClN7O2S. The Balaban J connectivity index is 1.66. The van der Waals surface area contributed by atoms with E-state index < -0.39 is 0 Å². The van der Waals surface area contributed by atoms with Gasteiger partial charge >= 0.3 is 0 Å². The van der Waals surface area contributed by atoms with E-state index in [1.165, 1.54) is 17.7 Å². The minimum atomic E-state index is -0.346. The molecule has 32 heavy (non-hydrogen) atoms. The van der Waals surface area contributed by atoms with Crippen LogP contribution in [0.25, 0.3) is 27.3 Å². The van der Waals surface area contributed by atoms with Gasteiger partial charge in [0.25, 0.3) is 5.91 Å². The number of carbonyl (C=O) groups excluding carboxylic acids is 1. The van der Waals surface area contributed by atoms with Gasteiger partial charge in [0.05, 0.1) is 44.0 Å². The molecule has 5 rings (SSSR count). The van der Waals surface area contributed by atoms with E-state index in [0.717, 1.165) is 27.4 Å². The summed E-state index contributed by atoms with van der Waals surface area (Å²) in [5.74, 6) is 0.968. The standard InChI is InChI=1S/C21H18ClN7O2S/c1-10-18(12(3)31-28-10)14-6-13(21(30)26-11(2)19-24-9-25-27-19)8-29-15(7-23-20(14)29)16-4-5-17(22)32-16/h4-9,11H,1-3H3,(H,26,30)(H,24,25,27)/t11-/m0/s1. The summed E-state index contributed by atoms with van der Waals surface area (Å²) in [6, 6.07) is 5.24. The number of pyridine rings is 1. The smallest absolute Gasteiger partial charge is 0.253 e. The van der Waals surface area contributed by atoms with Gasteiger partial charge in [0.15, 0.2) is 0 Å². The number of halogens is 1. The zero-order chi connectivity index (χ0) is 22.4. The van der Waals surface area contributed by atoms with E-state index in [0.29, 0.717) is 27.1 Å². The second-order valence-electron chi connectivity index (χ2n) is 7.35. The lowest BCUT2D eigenvalue weighted by Gasteiger charge is -2.13. The molecule has 11 heteroatoms. The maximum absolute atomic E-state index is 13.2. The number of H-pyrrole nitrogens is 1. The van der Waals surface area contributed by atoms with Crippen LogP contribution in [0.1, 0.15) is 40.6 Å². The number of hydrogen-bond acceptors (Lipinski definition) is 7. The first-order valence-electron chi connectivity index (χ1n) is 9.78. The van der Waals surface area contributed by atoms with Crippen LogP contribution < -0.4 is 5.32 Å². The van der Waals surface area contributed by atoms with Crippen LogP contribution in [0.15, 0.2) is 41.4 Å². The summed E-state index contributed by atoms with van der Waals surface area (Å²) in [7, 11) is 0. The number of hydrogen-bond donors (Lipinski definition) is 2. The Morgan fingerprint density at radius 2 is 2.16 bits per heavy atom. The van der Waals surface area contributed by atoms with Gasteiger partial charge in [-0.05, 0) is 39.0 Å². The number of thiophene rings is 1. The van der Waals surface area contributed by atoms with Gasteiger partial charge in [0.1, 0.15) is 23.6 Å². The molecule has 5 aromatic rings. The molecule has 162 valence electrons. The van der Waals surface area contributed by atoms with Crippen molar-refractivity contribution in [2.75, 3.05) is 0 Å². The highest BCUT2D eigenvalue weighted by Crippen LogP contribution is 2.36. The predicted molar refractivity (Wildman–Crippen MR) is 121 cm³/mol. The first-order chi connectivity index (χ1) is 15.4. The van der Waals surface area contributed by atoms with Crippen molar-refractivity contribution in [2.24, 2.45) is 0 Å². The molecule has 0 saturated carbocycles. The van der Waals surface area contributed by atoms with Crippen molar-refractivity contribution in [2.45, 2.75) is 26.8 Å². The highest BCUT2D eigenvalue weighted by Gasteiger charge is 2.22. The molecule has 0 unspecified atom stereocenters. The molecule has 0 aliphatic heterocycles. The van der Waals surface area contributed by atoms with Gasteiger partial charge < -0.3 is 9.84 Å². The van der Waals surface area contributed by atoms with Gasteiger partial charge in [0, 0.05) is 11.8 Å². The van der Waals surface area contributed by atoms with E-state index in [1.807, 2.05) is 43.4 Å². The lowest BCUT2D eigenvalue weighted by atomic mass is 10.0. The molecule has 5 heterocycles. The summed E-state index contributed by atoms with van der Waals surface area (Å²) < 4.78 is 7.96. The van der Waals surface area contributed by atoms with Crippen LogP contribution in [0, 0.1) is 13.8 Å². The number of aromatic nitrogens is 6. The molecule has 1 amide bonds. The van der Waals surface area contributed by atoms with Gasteiger partial charge in [-0.1, -0.05) is 16.8 Å². The van der Waals surface area contributed by atoms with Crippen LogP contribution in [0.4, 0.5) is 0 Å². The number of aryl methyl sites for hydroxylation is 2. The van der Waals surface area contributed by atoms with Gasteiger partial charge in [-0.25, -0.2) is 9.97 Å². The summed E-state index contributed by atoms with van der Waals surface area (Å²) >= 11 is 7.61. The molecule has 0 fully saturated rings. The van der Waals surface area contributed by atoms with Gasteiger partial charge in [0.2, 0.25) is 0 Å². The lowest BCUT2D eigenvalue weighted by molar-refractivity contribution is 0.0938. The first kappa shape index (κ1) is 20.4. The topological polar surface area (TPSA) is 114 Å². The van der Waals surface area contributed by atoms with Crippen LogP contribution in [-0.4, -0.2) is 35.6 Å². The van der Waals surface area contributed by atoms with Crippen LogP contribution >= 0.6 is 22.9 Å². The fourth-order valence-corrected chi connectivity index (χ4v) is 4.72. The molecule has 5 aromatic heterocycles. The van der Waals surface area contributed by atoms with E-state index in [4.69, 9.17) is 16.1 Å². The van der Waals surface area contributed by atoms with E-state index in [9.17, 15) is 4.79 Å². The highest BCUT2D eigenvalue weighted by atomic mass is 35.5. The molecule has 1 atom stereocenters. The predicted octanol–water partition coefficient (Wildman–Crippen LogP) is 4.60. The van der Waals surface area contributed by atoms with Gasteiger partial charge in [-0.15, -0.1) is 11.3 Å². The molecule has 0 radical (unpaired) electrons. The second-order valence-corrected chi connectivity index (χ2v) is 9.06. The summed E-state index contributed by atoms with van der Waals surface area (Å²) in [6.45, 7) is 5.54. The highest BCUT2D eigenvalue weighted by molar-refractivity contribution is 7.19. The third-order valence-electron chi connectivity index (χ3n) is 5.19. The van der Waals surface area contributed by atoms with Gasteiger partial charge in [-0.2, -0.15) is 5.10 Å². The number of nitrogens with zero attached hydrogens (tertiary/aromatic N) is 5.